The zero-order valence-corrected chi connectivity index (χ0v) is 10.6. The Hall–Kier alpha value is -1.65. The quantitative estimate of drug-likeness (QED) is 0.398. The smallest absolute Gasteiger partial charge is 0.333 e. The third-order valence-electron chi connectivity index (χ3n) is 2.28. The Morgan fingerprint density at radius 2 is 1.88 bits per heavy atom. The normalized spacial score (nSPS) is 12.8. The third kappa shape index (κ3) is 4.80. The summed E-state index contributed by atoms with van der Waals surface area (Å²) in [6.45, 7) is 4.80. The predicted molar refractivity (Wildman–Crippen MR) is 61.2 cm³/mol. The molecule has 0 rings (SSSR count). The zero-order chi connectivity index (χ0) is 13.4. The number of rotatable bonds is 6. The molecule has 1 unspecified atom stereocenters. The molecule has 0 saturated heterocycles. The molecule has 0 aliphatic rings. The van der Waals surface area contributed by atoms with Crippen LogP contribution in [0.25, 0.3) is 0 Å². The van der Waals surface area contributed by atoms with Crippen molar-refractivity contribution in [2.24, 2.45) is 5.92 Å². The molecule has 0 spiro atoms. The molecule has 0 N–H and O–H groups in total. The van der Waals surface area contributed by atoms with Crippen molar-refractivity contribution in [2.75, 3.05) is 13.7 Å². The minimum Gasteiger partial charge on any atom is -0.466 e. The number of carbonyl (C=O) groups excluding carboxylic acids is 3. The van der Waals surface area contributed by atoms with E-state index in [1.807, 2.05) is 0 Å². The van der Waals surface area contributed by atoms with E-state index in [2.05, 4.69) is 4.74 Å². The fraction of sp³-hybridized carbons (Fsp3) is 0.583. The highest BCUT2D eigenvalue weighted by Crippen LogP contribution is 2.16. The Kier molecular flexibility index (Phi) is 6.86. The Morgan fingerprint density at radius 1 is 1.29 bits per heavy atom. The first-order valence-electron chi connectivity index (χ1n) is 5.38. The summed E-state index contributed by atoms with van der Waals surface area (Å²) in [5, 5.41) is 0. The molecule has 0 heterocycles. The molecule has 96 valence electrons. The van der Waals surface area contributed by atoms with Crippen molar-refractivity contribution < 1.29 is 23.9 Å². The van der Waals surface area contributed by atoms with Crippen LogP contribution in [0.1, 0.15) is 27.2 Å². The largest absolute Gasteiger partial charge is 0.466 e. The van der Waals surface area contributed by atoms with Gasteiger partial charge >= 0.3 is 11.9 Å². The third-order valence-corrected chi connectivity index (χ3v) is 2.28. The van der Waals surface area contributed by atoms with Gasteiger partial charge in [-0.15, -0.1) is 0 Å². The van der Waals surface area contributed by atoms with Crippen LogP contribution in [0.2, 0.25) is 0 Å². The Balaban J connectivity index is 4.81. The summed E-state index contributed by atoms with van der Waals surface area (Å²) < 4.78 is 9.34. The summed E-state index contributed by atoms with van der Waals surface area (Å²) in [6, 6.07) is 0. The van der Waals surface area contributed by atoms with Crippen LogP contribution in [-0.4, -0.2) is 31.4 Å². The molecule has 0 amide bonds. The fourth-order valence-electron chi connectivity index (χ4n) is 1.31. The Labute approximate surface area is 101 Å². The standard InChI is InChI=1S/C12H18O5/c1-5-9(11(14)16-4)7-10(8(3)13)12(15)17-6-2/h5,10H,6-7H2,1-4H3. The van der Waals surface area contributed by atoms with Crippen LogP contribution in [0.3, 0.4) is 0 Å². The van der Waals surface area contributed by atoms with Crippen molar-refractivity contribution in [3.05, 3.63) is 11.6 Å². The molecule has 0 aromatic carbocycles. The highest BCUT2D eigenvalue weighted by atomic mass is 16.5. The lowest BCUT2D eigenvalue weighted by molar-refractivity contribution is -0.151. The SMILES string of the molecule is CC=C(CC(C(C)=O)C(=O)OCC)C(=O)OC. The van der Waals surface area contributed by atoms with Gasteiger partial charge in [-0.25, -0.2) is 4.79 Å². The number of carbonyl (C=O) groups is 3. The summed E-state index contributed by atoms with van der Waals surface area (Å²) in [5.74, 6) is -2.42. The van der Waals surface area contributed by atoms with Crippen LogP contribution in [0.5, 0.6) is 0 Å². The van der Waals surface area contributed by atoms with Crippen LogP contribution in [-0.2, 0) is 23.9 Å². The van der Waals surface area contributed by atoms with Crippen LogP contribution in [0.4, 0.5) is 0 Å². The molecule has 0 saturated carbocycles. The first-order valence-corrected chi connectivity index (χ1v) is 5.38. The molecule has 1 atom stereocenters. The molecule has 0 aliphatic carbocycles. The minimum atomic E-state index is -0.944. The highest BCUT2D eigenvalue weighted by Gasteiger charge is 2.27. The van der Waals surface area contributed by atoms with Gasteiger partial charge in [-0.05, 0) is 27.2 Å². The van der Waals surface area contributed by atoms with Crippen molar-refractivity contribution in [3.63, 3.8) is 0 Å². The van der Waals surface area contributed by atoms with Crippen molar-refractivity contribution >= 4 is 17.7 Å². The number of allylic oxidation sites excluding steroid dienone is 1. The second-order valence-electron chi connectivity index (χ2n) is 3.42. The molecule has 0 fully saturated rings. The van der Waals surface area contributed by atoms with Gasteiger partial charge in [0.2, 0.25) is 0 Å². The van der Waals surface area contributed by atoms with Crippen molar-refractivity contribution in [3.8, 4) is 0 Å². The molecule has 0 aliphatic heterocycles. The van der Waals surface area contributed by atoms with Crippen molar-refractivity contribution in [2.45, 2.75) is 27.2 Å². The molecular formula is C12H18O5. The van der Waals surface area contributed by atoms with Gasteiger partial charge in [0, 0.05) is 5.57 Å². The molecule has 0 bridgehead atoms. The summed E-state index contributed by atoms with van der Waals surface area (Å²) in [4.78, 5) is 34.2. The molecule has 0 aromatic rings. The maximum atomic E-state index is 11.5. The van der Waals surface area contributed by atoms with E-state index in [0.29, 0.717) is 5.57 Å². The predicted octanol–water partition coefficient (Wildman–Crippen LogP) is 1.26. The van der Waals surface area contributed by atoms with Crippen LogP contribution in [0, 0.1) is 5.92 Å². The summed E-state index contributed by atoms with van der Waals surface area (Å²) >= 11 is 0. The number of ether oxygens (including phenoxy) is 2. The molecule has 0 radical (unpaired) electrons. The van der Waals surface area contributed by atoms with Gasteiger partial charge in [-0.2, -0.15) is 0 Å². The summed E-state index contributed by atoms with van der Waals surface area (Å²) in [6.07, 6.45) is 1.54. The lowest BCUT2D eigenvalue weighted by Gasteiger charge is -2.13. The van der Waals surface area contributed by atoms with E-state index in [9.17, 15) is 14.4 Å². The lowest BCUT2D eigenvalue weighted by Crippen LogP contribution is -2.26. The van der Waals surface area contributed by atoms with E-state index in [1.165, 1.54) is 20.1 Å². The number of Topliss-reactive ketones (excluding diaryl/α,β-unsaturated/α-hetero) is 1. The van der Waals surface area contributed by atoms with Gasteiger partial charge in [0.25, 0.3) is 0 Å². The maximum Gasteiger partial charge on any atom is 0.333 e. The van der Waals surface area contributed by atoms with Gasteiger partial charge in [-0.3, -0.25) is 9.59 Å². The van der Waals surface area contributed by atoms with Gasteiger partial charge in [0.1, 0.15) is 11.7 Å². The average Bonchev–Trinajstić information content (AvgIpc) is 2.29. The summed E-state index contributed by atoms with van der Waals surface area (Å²) in [7, 11) is 1.25. The van der Waals surface area contributed by atoms with Crippen molar-refractivity contribution in [1.29, 1.82) is 0 Å². The number of hydrogen-bond donors (Lipinski definition) is 0. The van der Waals surface area contributed by atoms with E-state index >= 15 is 0 Å². The van der Waals surface area contributed by atoms with E-state index in [1.54, 1.807) is 13.8 Å². The van der Waals surface area contributed by atoms with Gasteiger partial charge in [-0.1, -0.05) is 6.08 Å². The Morgan fingerprint density at radius 3 is 2.24 bits per heavy atom. The van der Waals surface area contributed by atoms with E-state index in [4.69, 9.17) is 4.74 Å². The van der Waals surface area contributed by atoms with Gasteiger partial charge in [0.05, 0.1) is 13.7 Å². The molecule has 5 nitrogen and oxygen atoms in total. The first-order chi connectivity index (χ1) is 7.97. The number of hydrogen-bond acceptors (Lipinski definition) is 5. The van der Waals surface area contributed by atoms with E-state index < -0.39 is 17.9 Å². The number of esters is 2. The van der Waals surface area contributed by atoms with E-state index in [-0.39, 0.29) is 18.8 Å². The lowest BCUT2D eigenvalue weighted by atomic mass is 9.96. The Bertz CT molecular complexity index is 330. The first kappa shape index (κ1) is 15.3. The van der Waals surface area contributed by atoms with Gasteiger partial charge in [0.15, 0.2) is 0 Å². The molecular weight excluding hydrogens is 224 g/mol. The summed E-state index contributed by atoms with van der Waals surface area (Å²) in [5.41, 5.74) is 0.292. The minimum absolute atomic E-state index is 0.0112. The number of methoxy groups -OCH3 is 1. The molecule has 5 heteroatoms. The van der Waals surface area contributed by atoms with Gasteiger partial charge < -0.3 is 9.47 Å². The van der Waals surface area contributed by atoms with Crippen LogP contribution >= 0.6 is 0 Å². The second kappa shape index (κ2) is 7.60. The van der Waals surface area contributed by atoms with Crippen LogP contribution in [0.15, 0.2) is 11.6 Å². The van der Waals surface area contributed by atoms with Crippen LogP contribution < -0.4 is 0 Å². The van der Waals surface area contributed by atoms with Crippen molar-refractivity contribution in [1.82, 2.24) is 0 Å². The molecule has 17 heavy (non-hydrogen) atoms. The maximum absolute atomic E-state index is 11.5. The average molecular weight is 242 g/mol. The number of ketones is 1. The second-order valence-corrected chi connectivity index (χ2v) is 3.42. The van der Waals surface area contributed by atoms with E-state index in [0.717, 1.165) is 0 Å². The zero-order valence-electron chi connectivity index (χ0n) is 10.6. The molecule has 0 aromatic heterocycles. The monoisotopic (exact) mass is 242 g/mol. The topological polar surface area (TPSA) is 69.7 Å². The highest BCUT2D eigenvalue weighted by molar-refractivity contribution is 6.00. The fourth-order valence-corrected chi connectivity index (χ4v) is 1.31.